The largest absolute Gasteiger partial charge is 0.380 e. The van der Waals surface area contributed by atoms with Gasteiger partial charge < -0.3 is 10.5 Å². The summed E-state index contributed by atoms with van der Waals surface area (Å²) in [5.41, 5.74) is 7.19. The Bertz CT molecular complexity index is 542. The lowest BCUT2D eigenvalue weighted by molar-refractivity contribution is 0.114. The number of benzene rings is 1. The van der Waals surface area contributed by atoms with Crippen LogP contribution in [0.5, 0.6) is 0 Å². The van der Waals surface area contributed by atoms with E-state index < -0.39 is 10.0 Å². The van der Waals surface area contributed by atoms with Crippen molar-refractivity contribution in [1.29, 1.82) is 0 Å². The Hall–Kier alpha value is -0.950. The molecule has 0 bridgehead atoms. The highest BCUT2D eigenvalue weighted by molar-refractivity contribution is 7.89. The predicted octanol–water partition coefficient (Wildman–Crippen LogP) is 1.66. The summed E-state index contributed by atoms with van der Waals surface area (Å²) >= 11 is 0. The monoisotopic (exact) mass is 314 g/mol. The Kier molecular flexibility index (Phi) is 7.31. The minimum absolute atomic E-state index is 0.269. The van der Waals surface area contributed by atoms with Gasteiger partial charge in [-0.1, -0.05) is 32.9 Å². The Labute approximate surface area is 127 Å². The lowest BCUT2D eigenvalue weighted by atomic mass is 10.1. The smallest absolute Gasteiger partial charge is 0.240 e. The number of hydrogen-bond acceptors (Lipinski definition) is 4. The standard InChI is InChI=1S/C15H26N2O3S/c1-4-14-6-5-13(10-16)9-15(14)21(18,19)17-7-8-20-11-12(2)3/h5-6,9,12,17H,4,7-8,10-11,16H2,1-3H3. The molecule has 1 aromatic rings. The molecule has 0 aliphatic carbocycles. The van der Waals surface area contributed by atoms with Gasteiger partial charge in [0.2, 0.25) is 10.0 Å². The fourth-order valence-electron chi connectivity index (χ4n) is 1.91. The zero-order valence-corrected chi connectivity index (χ0v) is 13.9. The molecule has 21 heavy (non-hydrogen) atoms. The summed E-state index contributed by atoms with van der Waals surface area (Å²) in [4.78, 5) is 0.316. The number of sulfonamides is 1. The summed E-state index contributed by atoms with van der Waals surface area (Å²) in [7, 11) is -3.52. The molecule has 0 radical (unpaired) electrons. The van der Waals surface area contributed by atoms with E-state index in [1.165, 1.54) is 0 Å². The Morgan fingerprint density at radius 1 is 1.33 bits per heavy atom. The molecule has 0 saturated heterocycles. The average molecular weight is 314 g/mol. The maximum atomic E-state index is 12.4. The van der Waals surface area contributed by atoms with E-state index in [0.717, 1.165) is 11.1 Å². The highest BCUT2D eigenvalue weighted by atomic mass is 32.2. The van der Waals surface area contributed by atoms with Crippen molar-refractivity contribution in [3.05, 3.63) is 29.3 Å². The van der Waals surface area contributed by atoms with Crippen molar-refractivity contribution >= 4 is 10.0 Å². The van der Waals surface area contributed by atoms with Crippen molar-refractivity contribution in [1.82, 2.24) is 4.72 Å². The fraction of sp³-hybridized carbons (Fsp3) is 0.600. The molecule has 0 aliphatic rings. The van der Waals surface area contributed by atoms with Gasteiger partial charge in [-0.15, -0.1) is 0 Å². The molecule has 1 rings (SSSR count). The number of rotatable bonds is 9. The van der Waals surface area contributed by atoms with E-state index in [9.17, 15) is 8.42 Å². The molecule has 0 amide bonds. The number of nitrogens with two attached hydrogens (primary N) is 1. The van der Waals surface area contributed by atoms with Crippen LogP contribution in [0.25, 0.3) is 0 Å². The van der Waals surface area contributed by atoms with Crippen LogP contribution in [0.15, 0.2) is 23.1 Å². The predicted molar refractivity (Wildman–Crippen MR) is 84.6 cm³/mol. The molecule has 0 heterocycles. The van der Waals surface area contributed by atoms with Crippen molar-refractivity contribution in [3.8, 4) is 0 Å². The molecule has 0 fully saturated rings. The molecule has 0 atom stereocenters. The molecule has 120 valence electrons. The van der Waals surface area contributed by atoms with Crippen LogP contribution >= 0.6 is 0 Å². The Morgan fingerprint density at radius 2 is 2.05 bits per heavy atom. The van der Waals surface area contributed by atoms with Gasteiger partial charge >= 0.3 is 0 Å². The number of aryl methyl sites for hydroxylation is 1. The maximum Gasteiger partial charge on any atom is 0.240 e. The first-order chi connectivity index (χ1) is 9.90. The van der Waals surface area contributed by atoms with Gasteiger partial charge in [-0.2, -0.15) is 0 Å². The summed E-state index contributed by atoms with van der Waals surface area (Å²) in [6.07, 6.45) is 0.658. The number of nitrogens with one attached hydrogen (secondary N) is 1. The van der Waals surface area contributed by atoms with Crippen LogP contribution in [-0.2, 0) is 27.7 Å². The molecular formula is C15H26N2O3S. The summed E-state index contributed by atoms with van der Waals surface area (Å²) < 4.78 is 32.7. The molecule has 5 nitrogen and oxygen atoms in total. The molecule has 0 unspecified atom stereocenters. The van der Waals surface area contributed by atoms with Crippen molar-refractivity contribution < 1.29 is 13.2 Å². The zero-order chi connectivity index (χ0) is 15.9. The second-order valence-corrected chi connectivity index (χ2v) is 7.10. The fourth-order valence-corrected chi connectivity index (χ4v) is 3.28. The second-order valence-electron chi connectivity index (χ2n) is 5.37. The Balaban J connectivity index is 2.73. The first kappa shape index (κ1) is 18.1. The summed E-state index contributed by atoms with van der Waals surface area (Å²) in [5.74, 6) is 0.439. The van der Waals surface area contributed by atoms with Gasteiger partial charge in [0, 0.05) is 19.7 Å². The minimum atomic E-state index is -3.52. The van der Waals surface area contributed by atoms with Gasteiger partial charge in [0.05, 0.1) is 11.5 Å². The van der Waals surface area contributed by atoms with Crippen LogP contribution < -0.4 is 10.5 Å². The van der Waals surface area contributed by atoms with Crippen LogP contribution in [0.4, 0.5) is 0 Å². The number of ether oxygens (including phenoxy) is 1. The second kappa shape index (κ2) is 8.48. The van der Waals surface area contributed by atoms with E-state index in [4.69, 9.17) is 10.5 Å². The highest BCUT2D eigenvalue weighted by Crippen LogP contribution is 2.18. The van der Waals surface area contributed by atoms with Crippen LogP contribution in [0.2, 0.25) is 0 Å². The van der Waals surface area contributed by atoms with E-state index in [2.05, 4.69) is 18.6 Å². The van der Waals surface area contributed by atoms with Crippen LogP contribution in [-0.4, -0.2) is 28.2 Å². The summed E-state index contributed by atoms with van der Waals surface area (Å²) in [6.45, 7) is 7.63. The van der Waals surface area contributed by atoms with Crippen molar-refractivity contribution in [3.63, 3.8) is 0 Å². The summed E-state index contributed by atoms with van der Waals surface area (Å²) in [5, 5.41) is 0. The number of hydrogen-bond donors (Lipinski definition) is 2. The van der Waals surface area contributed by atoms with Gasteiger partial charge in [0.1, 0.15) is 0 Å². The third kappa shape index (κ3) is 5.74. The normalized spacial score (nSPS) is 12.0. The van der Waals surface area contributed by atoms with E-state index >= 15 is 0 Å². The van der Waals surface area contributed by atoms with Gasteiger partial charge in [0.25, 0.3) is 0 Å². The minimum Gasteiger partial charge on any atom is -0.380 e. The maximum absolute atomic E-state index is 12.4. The molecule has 3 N–H and O–H groups in total. The van der Waals surface area contributed by atoms with Gasteiger partial charge in [0.15, 0.2) is 0 Å². The van der Waals surface area contributed by atoms with E-state index in [1.807, 2.05) is 19.1 Å². The quantitative estimate of drug-likeness (QED) is 0.679. The van der Waals surface area contributed by atoms with Crippen molar-refractivity contribution in [2.75, 3.05) is 19.8 Å². The van der Waals surface area contributed by atoms with E-state index in [1.54, 1.807) is 6.07 Å². The highest BCUT2D eigenvalue weighted by Gasteiger charge is 2.17. The Morgan fingerprint density at radius 3 is 2.62 bits per heavy atom. The lowest BCUT2D eigenvalue weighted by Crippen LogP contribution is -2.28. The third-order valence-corrected chi connectivity index (χ3v) is 4.57. The van der Waals surface area contributed by atoms with Crippen LogP contribution in [0.1, 0.15) is 31.9 Å². The molecule has 0 spiro atoms. The first-order valence-electron chi connectivity index (χ1n) is 7.30. The van der Waals surface area contributed by atoms with Crippen molar-refractivity contribution in [2.45, 2.75) is 38.6 Å². The molecular weight excluding hydrogens is 288 g/mol. The lowest BCUT2D eigenvalue weighted by Gasteiger charge is -2.12. The SMILES string of the molecule is CCc1ccc(CN)cc1S(=O)(=O)NCCOCC(C)C. The molecule has 6 heteroatoms. The van der Waals surface area contributed by atoms with Crippen molar-refractivity contribution in [2.24, 2.45) is 11.7 Å². The van der Waals surface area contributed by atoms with Crippen LogP contribution in [0, 0.1) is 5.92 Å². The van der Waals surface area contributed by atoms with Gasteiger partial charge in [-0.3, -0.25) is 0 Å². The van der Waals surface area contributed by atoms with Gasteiger partial charge in [-0.25, -0.2) is 13.1 Å². The molecule has 0 aliphatic heterocycles. The average Bonchev–Trinajstić information content (AvgIpc) is 2.45. The van der Waals surface area contributed by atoms with E-state index in [0.29, 0.717) is 37.0 Å². The first-order valence-corrected chi connectivity index (χ1v) is 8.78. The molecule has 0 saturated carbocycles. The van der Waals surface area contributed by atoms with Crippen LogP contribution in [0.3, 0.4) is 0 Å². The third-order valence-electron chi connectivity index (χ3n) is 3.03. The topological polar surface area (TPSA) is 81.4 Å². The molecule has 1 aromatic carbocycles. The zero-order valence-electron chi connectivity index (χ0n) is 13.1. The summed E-state index contributed by atoms with van der Waals surface area (Å²) in [6, 6.07) is 5.34. The van der Waals surface area contributed by atoms with Gasteiger partial charge in [-0.05, 0) is 29.5 Å². The molecule has 0 aromatic heterocycles. The van der Waals surface area contributed by atoms with E-state index in [-0.39, 0.29) is 6.54 Å².